The van der Waals surface area contributed by atoms with Gasteiger partial charge in [0.05, 0.1) is 0 Å². The van der Waals surface area contributed by atoms with Crippen LogP contribution in [0.5, 0.6) is 0 Å². The third kappa shape index (κ3) is 1.51. The number of hydrogen-bond acceptors (Lipinski definition) is 1. The molecular formula is C15H19N. The van der Waals surface area contributed by atoms with Crippen LogP contribution in [0.1, 0.15) is 29.9 Å². The van der Waals surface area contributed by atoms with Crippen molar-refractivity contribution < 1.29 is 0 Å². The summed E-state index contributed by atoms with van der Waals surface area (Å²) in [5.74, 6) is 0.601. The largest absolute Gasteiger partial charge is 0.296 e. The van der Waals surface area contributed by atoms with Crippen molar-refractivity contribution in [2.75, 3.05) is 7.05 Å². The maximum absolute atomic E-state index is 2.55. The van der Waals surface area contributed by atoms with Crippen LogP contribution in [-0.2, 0) is 0 Å². The van der Waals surface area contributed by atoms with Crippen LogP contribution < -0.4 is 0 Å². The fourth-order valence-electron chi connectivity index (χ4n) is 3.16. The van der Waals surface area contributed by atoms with Gasteiger partial charge < -0.3 is 0 Å². The molecular weight excluding hydrogens is 194 g/mol. The fourth-order valence-corrected chi connectivity index (χ4v) is 3.16. The smallest absolute Gasteiger partial charge is 0.0279 e. The molecule has 2 aliphatic rings. The van der Waals surface area contributed by atoms with Gasteiger partial charge in [0.25, 0.3) is 0 Å². The zero-order valence-corrected chi connectivity index (χ0v) is 10.1. The summed E-state index contributed by atoms with van der Waals surface area (Å²) < 4.78 is 0. The van der Waals surface area contributed by atoms with Crippen molar-refractivity contribution in [3.8, 4) is 0 Å². The number of aryl methyl sites for hydroxylation is 1. The average Bonchev–Trinajstić information content (AvgIpc) is 2.52. The second-order valence-corrected chi connectivity index (χ2v) is 5.20. The molecule has 2 heterocycles. The molecule has 0 spiro atoms. The van der Waals surface area contributed by atoms with Crippen molar-refractivity contribution in [1.29, 1.82) is 0 Å². The van der Waals surface area contributed by atoms with Crippen LogP contribution >= 0.6 is 0 Å². The van der Waals surface area contributed by atoms with Crippen molar-refractivity contribution >= 4 is 0 Å². The molecule has 3 rings (SSSR count). The first kappa shape index (κ1) is 10.1. The molecule has 0 saturated carbocycles. The maximum atomic E-state index is 2.55. The number of rotatable bonds is 1. The van der Waals surface area contributed by atoms with Gasteiger partial charge in [-0.1, -0.05) is 42.0 Å². The van der Waals surface area contributed by atoms with Crippen LogP contribution in [0.4, 0.5) is 0 Å². The van der Waals surface area contributed by atoms with Crippen molar-refractivity contribution in [2.24, 2.45) is 0 Å². The highest BCUT2D eigenvalue weighted by Crippen LogP contribution is 2.38. The lowest BCUT2D eigenvalue weighted by atomic mass is 9.88. The highest BCUT2D eigenvalue weighted by atomic mass is 15.2. The Bertz CT molecular complexity index is 404. The van der Waals surface area contributed by atoms with E-state index in [-0.39, 0.29) is 0 Å². The SMILES string of the molecule is Cc1ccc(C2C=CC3CCC2N3C)cc1. The number of likely N-dealkylation sites (N-methyl/N-ethyl adjacent to an activating group) is 1. The van der Waals surface area contributed by atoms with Crippen LogP contribution in [0, 0.1) is 6.92 Å². The van der Waals surface area contributed by atoms with Crippen LogP contribution in [-0.4, -0.2) is 24.0 Å². The maximum Gasteiger partial charge on any atom is 0.0279 e. The first-order valence-corrected chi connectivity index (χ1v) is 6.22. The van der Waals surface area contributed by atoms with Gasteiger partial charge in [-0.3, -0.25) is 4.90 Å². The van der Waals surface area contributed by atoms with E-state index in [4.69, 9.17) is 0 Å². The van der Waals surface area contributed by atoms with Gasteiger partial charge in [-0.15, -0.1) is 0 Å². The van der Waals surface area contributed by atoms with E-state index in [0.717, 1.165) is 6.04 Å². The summed E-state index contributed by atoms with van der Waals surface area (Å²) in [4.78, 5) is 2.55. The lowest BCUT2D eigenvalue weighted by molar-refractivity contribution is 0.241. The summed E-state index contributed by atoms with van der Waals surface area (Å²) in [7, 11) is 2.27. The van der Waals surface area contributed by atoms with Crippen LogP contribution in [0.3, 0.4) is 0 Å². The molecule has 1 aromatic carbocycles. The molecule has 0 aromatic heterocycles. The minimum Gasteiger partial charge on any atom is -0.296 e. The Hall–Kier alpha value is -1.08. The van der Waals surface area contributed by atoms with Crippen molar-refractivity contribution in [3.63, 3.8) is 0 Å². The Labute approximate surface area is 97.8 Å². The highest BCUT2D eigenvalue weighted by Gasteiger charge is 2.37. The zero-order valence-electron chi connectivity index (χ0n) is 10.1. The summed E-state index contributed by atoms with van der Waals surface area (Å²) in [6.45, 7) is 2.15. The molecule has 3 unspecified atom stereocenters. The molecule has 0 N–H and O–H groups in total. The summed E-state index contributed by atoms with van der Waals surface area (Å²) in [5, 5.41) is 0. The van der Waals surface area contributed by atoms with E-state index in [1.54, 1.807) is 0 Å². The van der Waals surface area contributed by atoms with Crippen molar-refractivity contribution in [2.45, 2.75) is 37.8 Å². The molecule has 1 heteroatoms. The van der Waals surface area contributed by atoms with Crippen LogP contribution in [0.2, 0.25) is 0 Å². The predicted molar refractivity (Wildman–Crippen MR) is 67.6 cm³/mol. The average molecular weight is 213 g/mol. The molecule has 0 aliphatic carbocycles. The first-order chi connectivity index (χ1) is 7.75. The molecule has 84 valence electrons. The molecule has 2 aliphatic heterocycles. The standard InChI is InChI=1S/C15H19N/c1-11-3-5-12(6-4-11)14-9-7-13-8-10-15(14)16(13)2/h3-7,9,13-15H,8,10H2,1-2H3. The van der Waals surface area contributed by atoms with Gasteiger partial charge in [0.1, 0.15) is 0 Å². The van der Waals surface area contributed by atoms with Gasteiger partial charge in [-0.25, -0.2) is 0 Å². The molecule has 3 atom stereocenters. The highest BCUT2D eigenvalue weighted by molar-refractivity contribution is 5.32. The normalized spacial score (nSPS) is 33.2. The van der Waals surface area contributed by atoms with E-state index in [1.165, 1.54) is 24.0 Å². The number of nitrogens with zero attached hydrogens (tertiary/aromatic N) is 1. The van der Waals surface area contributed by atoms with Gasteiger partial charge in [-0.2, -0.15) is 0 Å². The third-order valence-electron chi connectivity index (χ3n) is 4.22. The Morgan fingerprint density at radius 1 is 1.06 bits per heavy atom. The summed E-state index contributed by atoms with van der Waals surface area (Å²) in [6.07, 6.45) is 7.49. The van der Waals surface area contributed by atoms with Crippen molar-refractivity contribution in [1.82, 2.24) is 4.90 Å². The van der Waals surface area contributed by atoms with Gasteiger partial charge in [0.2, 0.25) is 0 Å². The van der Waals surface area contributed by atoms with E-state index in [2.05, 4.69) is 55.3 Å². The predicted octanol–water partition coefficient (Wildman–Crippen LogP) is 3.11. The molecule has 1 fully saturated rings. The molecule has 1 aromatic rings. The first-order valence-electron chi connectivity index (χ1n) is 6.22. The molecule has 1 saturated heterocycles. The van der Waals surface area contributed by atoms with Gasteiger partial charge in [-0.05, 0) is 32.4 Å². The Morgan fingerprint density at radius 3 is 2.56 bits per heavy atom. The van der Waals surface area contributed by atoms with E-state index < -0.39 is 0 Å². The van der Waals surface area contributed by atoms with E-state index in [0.29, 0.717) is 12.0 Å². The number of hydrogen-bond donors (Lipinski definition) is 0. The fraction of sp³-hybridized carbons (Fsp3) is 0.467. The Kier molecular flexibility index (Phi) is 2.36. The molecule has 0 radical (unpaired) electrons. The molecule has 2 bridgehead atoms. The van der Waals surface area contributed by atoms with E-state index in [9.17, 15) is 0 Å². The Morgan fingerprint density at radius 2 is 1.81 bits per heavy atom. The monoisotopic (exact) mass is 213 g/mol. The third-order valence-corrected chi connectivity index (χ3v) is 4.22. The summed E-state index contributed by atoms with van der Waals surface area (Å²) in [6, 6.07) is 10.5. The van der Waals surface area contributed by atoms with Gasteiger partial charge in [0.15, 0.2) is 0 Å². The van der Waals surface area contributed by atoms with Gasteiger partial charge >= 0.3 is 0 Å². The van der Waals surface area contributed by atoms with Crippen LogP contribution in [0.15, 0.2) is 36.4 Å². The Balaban J connectivity index is 1.93. The summed E-state index contributed by atoms with van der Waals surface area (Å²) in [5.41, 5.74) is 2.82. The zero-order chi connectivity index (χ0) is 11.1. The second kappa shape index (κ2) is 3.74. The lowest BCUT2D eigenvalue weighted by Gasteiger charge is -2.33. The quantitative estimate of drug-likeness (QED) is 0.648. The summed E-state index contributed by atoms with van der Waals surface area (Å²) >= 11 is 0. The molecule has 1 nitrogen and oxygen atoms in total. The van der Waals surface area contributed by atoms with Gasteiger partial charge in [0, 0.05) is 18.0 Å². The van der Waals surface area contributed by atoms with Crippen LogP contribution in [0.25, 0.3) is 0 Å². The van der Waals surface area contributed by atoms with E-state index in [1.807, 2.05) is 0 Å². The number of fused-ring (bicyclic) bond motifs is 2. The van der Waals surface area contributed by atoms with E-state index >= 15 is 0 Å². The molecule has 16 heavy (non-hydrogen) atoms. The topological polar surface area (TPSA) is 3.24 Å². The molecule has 0 amide bonds. The lowest BCUT2D eigenvalue weighted by Crippen LogP contribution is -2.37. The minimum absolute atomic E-state index is 0.601. The number of benzene rings is 1. The van der Waals surface area contributed by atoms with Crippen molar-refractivity contribution in [3.05, 3.63) is 47.5 Å². The second-order valence-electron chi connectivity index (χ2n) is 5.20. The minimum atomic E-state index is 0.601.